The SMILES string of the molecule is O=C(Nc1ccc2oc(-c3ccccc3)nc2c1)c1ccc2c(c1)OCO2. The molecule has 2 heterocycles. The van der Waals surface area contributed by atoms with Crippen LogP contribution in [0, 0.1) is 0 Å². The second-order valence-corrected chi connectivity index (χ2v) is 6.09. The summed E-state index contributed by atoms with van der Waals surface area (Å²) in [5.41, 5.74) is 3.37. The number of oxazole rings is 1. The van der Waals surface area contributed by atoms with E-state index in [1.807, 2.05) is 30.3 Å². The van der Waals surface area contributed by atoms with Gasteiger partial charge in [0.05, 0.1) is 0 Å². The van der Waals surface area contributed by atoms with Gasteiger partial charge in [-0.25, -0.2) is 4.98 Å². The third-order valence-corrected chi connectivity index (χ3v) is 4.30. The molecule has 1 aromatic heterocycles. The lowest BCUT2D eigenvalue weighted by Crippen LogP contribution is -2.11. The van der Waals surface area contributed by atoms with Crippen molar-refractivity contribution in [3.05, 3.63) is 72.3 Å². The normalized spacial score (nSPS) is 12.3. The Morgan fingerprint density at radius 1 is 0.926 bits per heavy atom. The van der Waals surface area contributed by atoms with Crippen LogP contribution in [-0.4, -0.2) is 17.7 Å². The summed E-state index contributed by atoms with van der Waals surface area (Å²) in [5, 5.41) is 2.87. The average Bonchev–Trinajstić information content (AvgIpc) is 3.34. The Balaban J connectivity index is 1.41. The zero-order chi connectivity index (χ0) is 18.2. The van der Waals surface area contributed by atoms with Crippen molar-refractivity contribution in [3.63, 3.8) is 0 Å². The van der Waals surface area contributed by atoms with Gasteiger partial charge in [0.1, 0.15) is 5.52 Å². The maximum atomic E-state index is 12.5. The summed E-state index contributed by atoms with van der Waals surface area (Å²) in [4.78, 5) is 17.0. The van der Waals surface area contributed by atoms with Gasteiger partial charge in [-0.2, -0.15) is 0 Å². The van der Waals surface area contributed by atoms with E-state index >= 15 is 0 Å². The van der Waals surface area contributed by atoms with Gasteiger partial charge >= 0.3 is 0 Å². The molecule has 5 rings (SSSR count). The monoisotopic (exact) mass is 358 g/mol. The Kier molecular flexibility index (Phi) is 3.53. The Labute approximate surface area is 154 Å². The van der Waals surface area contributed by atoms with Crippen LogP contribution in [0.2, 0.25) is 0 Å². The molecule has 27 heavy (non-hydrogen) atoms. The highest BCUT2D eigenvalue weighted by molar-refractivity contribution is 6.05. The minimum atomic E-state index is -0.237. The van der Waals surface area contributed by atoms with E-state index in [0.29, 0.717) is 39.7 Å². The number of anilines is 1. The van der Waals surface area contributed by atoms with Gasteiger partial charge in [0.15, 0.2) is 17.1 Å². The van der Waals surface area contributed by atoms with Gasteiger partial charge < -0.3 is 19.2 Å². The molecule has 6 nitrogen and oxygen atoms in total. The predicted molar refractivity (Wildman–Crippen MR) is 100.0 cm³/mol. The molecule has 4 aromatic rings. The van der Waals surface area contributed by atoms with Crippen molar-refractivity contribution in [2.75, 3.05) is 12.1 Å². The van der Waals surface area contributed by atoms with Crippen LogP contribution in [0.4, 0.5) is 5.69 Å². The fourth-order valence-corrected chi connectivity index (χ4v) is 2.95. The number of nitrogens with zero attached hydrogens (tertiary/aromatic N) is 1. The van der Waals surface area contributed by atoms with Gasteiger partial charge in [-0.05, 0) is 48.5 Å². The predicted octanol–water partition coefficient (Wildman–Crippen LogP) is 4.48. The van der Waals surface area contributed by atoms with Gasteiger partial charge in [-0.1, -0.05) is 18.2 Å². The molecule has 0 atom stereocenters. The summed E-state index contributed by atoms with van der Waals surface area (Å²) in [5.74, 6) is 1.52. The first-order valence-corrected chi connectivity index (χ1v) is 8.43. The Morgan fingerprint density at radius 2 is 1.78 bits per heavy atom. The number of fused-ring (bicyclic) bond motifs is 2. The number of rotatable bonds is 3. The van der Waals surface area contributed by atoms with Crippen LogP contribution in [0.5, 0.6) is 11.5 Å². The quantitative estimate of drug-likeness (QED) is 0.585. The minimum Gasteiger partial charge on any atom is -0.454 e. The highest BCUT2D eigenvalue weighted by Gasteiger charge is 2.16. The van der Waals surface area contributed by atoms with Crippen LogP contribution >= 0.6 is 0 Å². The van der Waals surface area contributed by atoms with E-state index in [2.05, 4.69) is 10.3 Å². The smallest absolute Gasteiger partial charge is 0.255 e. The van der Waals surface area contributed by atoms with E-state index in [-0.39, 0.29) is 12.7 Å². The molecule has 1 N–H and O–H groups in total. The van der Waals surface area contributed by atoms with E-state index in [4.69, 9.17) is 13.9 Å². The van der Waals surface area contributed by atoms with Gasteiger partial charge in [-0.3, -0.25) is 4.79 Å². The van der Waals surface area contributed by atoms with E-state index in [9.17, 15) is 4.79 Å². The lowest BCUT2D eigenvalue weighted by atomic mass is 10.2. The van der Waals surface area contributed by atoms with Crippen molar-refractivity contribution in [3.8, 4) is 23.0 Å². The lowest BCUT2D eigenvalue weighted by Gasteiger charge is -2.05. The molecule has 0 unspecified atom stereocenters. The average molecular weight is 358 g/mol. The van der Waals surface area contributed by atoms with Gasteiger partial charge in [0.2, 0.25) is 12.7 Å². The maximum Gasteiger partial charge on any atom is 0.255 e. The van der Waals surface area contributed by atoms with Gasteiger partial charge in [0.25, 0.3) is 5.91 Å². The Morgan fingerprint density at radius 3 is 2.67 bits per heavy atom. The number of carbonyl (C=O) groups is 1. The Hall–Kier alpha value is -3.80. The van der Waals surface area contributed by atoms with Crippen molar-refractivity contribution in [1.82, 2.24) is 4.98 Å². The molecule has 6 heteroatoms. The summed E-state index contributed by atoms with van der Waals surface area (Å²) in [6.07, 6.45) is 0. The molecule has 1 aliphatic rings. The molecule has 3 aromatic carbocycles. The molecule has 0 bridgehead atoms. The van der Waals surface area contributed by atoms with Crippen LogP contribution < -0.4 is 14.8 Å². The summed E-state index contributed by atoms with van der Waals surface area (Å²) < 4.78 is 16.4. The molecule has 1 aliphatic heterocycles. The molecular weight excluding hydrogens is 344 g/mol. The molecule has 0 saturated carbocycles. The zero-order valence-corrected chi connectivity index (χ0v) is 14.1. The number of carbonyl (C=O) groups excluding carboxylic acids is 1. The largest absolute Gasteiger partial charge is 0.454 e. The molecular formula is C21H14N2O4. The third kappa shape index (κ3) is 2.87. The highest BCUT2D eigenvalue weighted by Crippen LogP contribution is 2.33. The standard InChI is InChI=1S/C21H14N2O4/c24-20(14-6-8-18-19(10-14)26-12-25-18)22-15-7-9-17-16(11-15)23-21(27-17)13-4-2-1-3-5-13/h1-11H,12H2,(H,22,24). The first kappa shape index (κ1) is 15.5. The molecule has 132 valence electrons. The van der Waals surface area contributed by atoms with Crippen molar-refractivity contribution in [2.24, 2.45) is 0 Å². The molecule has 0 spiro atoms. The summed E-state index contributed by atoms with van der Waals surface area (Å²) in [7, 11) is 0. The van der Waals surface area contributed by atoms with Crippen molar-refractivity contribution >= 4 is 22.7 Å². The number of hydrogen-bond donors (Lipinski definition) is 1. The first-order chi connectivity index (χ1) is 13.3. The van der Waals surface area contributed by atoms with Crippen LogP contribution in [0.25, 0.3) is 22.6 Å². The van der Waals surface area contributed by atoms with E-state index in [0.717, 1.165) is 5.56 Å². The third-order valence-electron chi connectivity index (χ3n) is 4.30. The number of benzene rings is 3. The van der Waals surface area contributed by atoms with E-state index < -0.39 is 0 Å². The second-order valence-electron chi connectivity index (χ2n) is 6.09. The summed E-state index contributed by atoms with van der Waals surface area (Å²) in [6, 6.07) is 20.1. The van der Waals surface area contributed by atoms with Crippen molar-refractivity contribution < 1.29 is 18.7 Å². The molecule has 1 amide bonds. The van der Waals surface area contributed by atoms with E-state index in [1.165, 1.54) is 0 Å². The number of aromatic nitrogens is 1. The van der Waals surface area contributed by atoms with Crippen molar-refractivity contribution in [2.45, 2.75) is 0 Å². The topological polar surface area (TPSA) is 73.6 Å². The fraction of sp³-hybridized carbons (Fsp3) is 0.0476. The maximum absolute atomic E-state index is 12.5. The van der Waals surface area contributed by atoms with Crippen LogP contribution in [0.3, 0.4) is 0 Å². The van der Waals surface area contributed by atoms with Gasteiger partial charge in [-0.15, -0.1) is 0 Å². The second kappa shape index (κ2) is 6.17. The summed E-state index contributed by atoms with van der Waals surface area (Å²) in [6.45, 7) is 0.174. The zero-order valence-electron chi connectivity index (χ0n) is 14.1. The van der Waals surface area contributed by atoms with Crippen LogP contribution in [0.1, 0.15) is 10.4 Å². The lowest BCUT2D eigenvalue weighted by molar-refractivity contribution is 0.102. The van der Waals surface area contributed by atoms with Crippen molar-refractivity contribution in [1.29, 1.82) is 0 Å². The molecule has 0 radical (unpaired) electrons. The van der Waals surface area contributed by atoms with E-state index in [1.54, 1.807) is 36.4 Å². The molecule has 0 saturated heterocycles. The highest BCUT2D eigenvalue weighted by atomic mass is 16.7. The molecule has 0 fully saturated rings. The fourth-order valence-electron chi connectivity index (χ4n) is 2.95. The Bertz CT molecular complexity index is 1150. The number of ether oxygens (including phenoxy) is 2. The van der Waals surface area contributed by atoms with Crippen LogP contribution in [0.15, 0.2) is 71.1 Å². The molecule has 0 aliphatic carbocycles. The number of amides is 1. The summed E-state index contributed by atoms with van der Waals surface area (Å²) >= 11 is 0. The number of hydrogen-bond acceptors (Lipinski definition) is 5. The minimum absolute atomic E-state index is 0.174. The first-order valence-electron chi connectivity index (χ1n) is 8.43. The number of nitrogens with one attached hydrogen (secondary N) is 1. The van der Waals surface area contributed by atoms with Gasteiger partial charge in [0, 0.05) is 16.8 Å². The van der Waals surface area contributed by atoms with Crippen LogP contribution in [-0.2, 0) is 0 Å².